The Bertz CT molecular complexity index is 408. The third-order valence-electron chi connectivity index (χ3n) is 4.73. The summed E-state index contributed by atoms with van der Waals surface area (Å²) in [6.45, 7) is 4.59. The van der Waals surface area contributed by atoms with Gasteiger partial charge in [0.05, 0.1) is 12.2 Å². The molecule has 1 saturated carbocycles. The highest BCUT2D eigenvalue weighted by Crippen LogP contribution is 2.35. The topological polar surface area (TPSA) is 58.6 Å². The maximum atomic E-state index is 12.6. The van der Waals surface area contributed by atoms with Gasteiger partial charge in [0.2, 0.25) is 11.8 Å². The highest BCUT2D eigenvalue weighted by Gasteiger charge is 2.47. The van der Waals surface area contributed by atoms with Gasteiger partial charge in [-0.3, -0.25) is 9.59 Å². The van der Waals surface area contributed by atoms with Crippen LogP contribution < -0.4 is 5.32 Å². The third-order valence-corrected chi connectivity index (χ3v) is 4.73. The van der Waals surface area contributed by atoms with Gasteiger partial charge in [0, 0.05) is 6.54 Å². The van der Waals surface area contributed by atoms with Gasteiger partial charge in [-0.1, -0.05) is 6.92 Å². The number of nitrogens with zero attached hydrogens (tertiary/aromatic N) is 1. The highest BCUT2D eigenvalue weighted by atomic mass is 16.5. The van der Waals surface area contributed by atoms with Crippen LogP contribution in [-0.4, -0.2) is 47.6 Å². The second-order valence-electron chi connectivity index (χ2n) is 6.38. The second-order valence-corrected chi connectivity index (χ2v) is 6.38. The fourth-order valence-electron chi connectivity index (χ4n) is 3.40. The van der Waals surface area contributed by atoms with Crippen molar-refractivity contribution in [2.24, 2.45) is 5.92 Å². The molecule has 0 aromatic rings. The first kappa shape index (κ1) is 13.9. The van der Waals surface area contributed by atoms with Crippen molar-refractivity contribution in [3.05, 3.63) is 0 Å². The summed E-state index contributed by atoms with van der Waals surface area (Å²) in [5.74, 6) is 0.465. The van der Waals surface area contributed by atoms with Crippen LogP contribution in [0.2, 0.25) is 0 Å². The number of nitrogens with one attached hydrogen (secondary N) is 1. The maximum absolute atomic E-state index is 12.6. The molecule has 5 heteroatoms. The van der Waals surface area contributed by atoms with Gasteiger partial charge < -0.3 is 15.0 Å². The fourth-order valence-corrected chi connectivity index (χ4v) is 3.40. The van der Waals surface area contributed by atoms with Crippen molar-refractivity contribution in [1.82, 2.24) is 10.2 Å². The van der Waals surface area contributed by atoms with E-state index in [0.29, 0.717) is 18.9 Å². The lowest BCUT2D eigenvalue weighted by Gasteiger charge is -2.39. The summed E-state index contributed by atoms with van der Waals surface area (Å²) >= 11 is 0. The zero-order valence-electron chi connectivity index (χ0n) is 12.3. The van der Waals surface area contributed by atoms with Gasteiger partial charge in [0.15, 0.2) is 0 Å². The number of amides is 2. The van der Waals surface area contributed by atoms with Crippen molar-refractivity contribution in [3.8, 4) is 0 Å². The van der Waals surface area contributed by atoms with Crippen LogP contribution in [0, 0.1) is 5.92 Å². The quantitative estimate of drug-likeness (QED) is 0.838. The van der Waals surface area contributed by atoms with Gasteiger partial charge in [-0.2, -0.15) is 0 Å². The van der Waals surface area contributed by atoms with Gasteiger partial charge in [-0.15, -0.1) is 0 Å². The van der Waals surface area contributed by atoms with E-state index in [1.54, 1.807) is 4.90 Å². The Morgan fingerprint density at radius 1 is 1.25 bits per heavy atom. The van der Waals surface area contributed by atoms with Crippen LogP contribution >= 0.6 is 0 Å². The Labute approximate surface area is 120 Å². The van der Waals surface area contributed by atoms with E-state index in [0.717, 1.165) is 25.7 Å². The molecule has 1 aliphatic carbocycles. The molecule has 2 heterocycles. The summed E-state index contributed by atoms with van der Waals surface area (Å²) in [7, 11) is 0. The Hall–Kier alpha value is -1.10. The maximum Gasteiger partial charge on any atom is 0.246 e. The zero-order chi connectivity index (χ0) is 14.3. The van der Waals surface area contributed by atoms with Gasteiger partial charge in [0.25, 0.3) is 0 Å². The van der Waals surface area contributed by atoms with E-state index in [9.17, 15) is 9.59 Å². The van der Waals surface area contributed by atoms with Crippen molar-refractivity contribution >= 4 is 11.8 Å². The molecule has 0 spiro atoms. The summed E-state index contributed by atoms with van der Waals surface area (Å²) < 4.78 is 5.83. The van der Waals surface area contributed by atoms with E-state index in [1.807, 2.05) is 6.92 Å². The molecule has 0 aromatic heterocycles. The summed E-state index contributed by atoms with van der Waals surface area (Å²) in [5.41, 5.74) is 0. The summed E-state index contributed by atoms with van der Waals surface area (Å²) in [4.78, 5) is 26.6. The number of carbonyl (C=O) groups excluding carboxylic acids is 2. The highest BCUT2D eigenvalue weighted by molar-refractivity contribution is 5.97. The molecule has 0 bridgehead atoms. The molecule has 3 aliphatic rings. The van der Waals surface area contributed by atoms with Crippen LogP contribution in [0.5, 0.6) is 0 Å². The lowest BCUT2D eigenvalue weighted by Crippen LogP contribution is -2.64. The number of hydrogen-bond acceptors (Lipinski definition) is 3. The van der Waals surface area contributed by atoms with Gasteiger partial charge in [0.1, 0.15) is 12.1 Å². The fraction of sp³-hybridized carbons (Fsp3) is 0.867. The second kappa shape index (κ2) is 5.35. The molecular formula is C15H24N2O3. The van der Waals surface area contributed by atoms with Crippen LogP contribution in [0.15, 0.2) is 0 Å². The smallest absolute Gasteiger partial charge is 0.246 e. The molecule has 3 rings (SSSR count). The van der Waals surface area contributed by atoms with E-state index in [4.69, 9.17) is 4.74 Å². The van der Waals surface area contributed by atoms with Gasteiger partial charge >= 0.3 is 0 Å². The summed E-state index contributed by atoms with van der Waals surface area (Å²) in [6.07, 6.45) is 5.16. The molecule has 2 saturated heterocycles. The van der Waals surface area contributed by atoms with Crippen LogP contribution in [-0.2, 0) is 14.3 Å². The van der Waals surface area contributed by atoms with Gasteiger partial charge in [-0.25, -0.2) is 0 Å². The van der Waals surface area contributed by atoms with Crippen LogP contribution in [0.4, 0.5) is 0 Å². The Balaban J connectivity index is 1.72. The minimum absolute atomic E-state index is 0.00930. The van der Waals surface area contributed by atoms with Crippen LogP contribution in [0.3, 0.4) is 0 Å². The van der Waals surface area contributed by atoms with Crippen molar-refractivity contribution < 1.29 is 14.3 Å². The lowest BCUT2D eigenvalue weighted by atomic mass is 10.0. The lowest BCUT2D eigenvalue weighted by molar-refractivity contribution is -0.152. The molecule has 4 unspecified atom stereocenters. The molecule has 5 nitrogen and oxygen atoms in total. The average Bonchev–Trinajstić information content (AvgIpc) is 3.17. The van der Waals surface area contributed by atoms with E-state index < -0.39 is 0 Å². The Morgan fingerprint density at radius 3 is 2.55 bits per heavy atom. The number of ether oxygens (including phenoxy) is 1. The largest absolute Gasteiger partial charge is 0.373 e. The summed E-state index contributed by atoms with van der Waals surface area (Å²) in [5, 5.41) is 2.92. The first-order chi connectivity index (χ1) is 9.60. The molecule has 112 valence electrons. The van der Waals surface area contributed by atoms with Gasteiger partial charge in [-0.05, 0) is 44.9 Å². The molecular weight excluding hydrogens is 256 g/mol. The number of hydrogen-bond donors (Lipinski definition) is 1. The van der Waals surface area contributed by atoms with Crippen LogP contribution in [0.25, 0.3) is 0 Å². The predicted octanol–water partition coefficient (Wildman–Crippen LogP) is 1.07. The minimum Gasteiger partial charge on any atom is -0.373 e. The van der Waals surface area contributed by atoms with Crippen molar-refractivity contribution in [3.63, 3.8) is 0 Å². The molecule has 4 atom stereocenters. The van der Waals surface area contributed by atoms with E-state index in [2.05, 4.69) is 12.2 Å². The van der Waals surface area contributed by atoms with E-state index >= 15 is 0 Å². The first-order valence-corrected chi connectivity index (χ1v) is 7.86. The van der Waals surface area contributed by atoms with E-state index in [-0.39, 0.29) is 36.1 Å². The SMILES string of the molecule is CCC1C(=O)NC(C2CC2)C(=O)N1CC1CCC(C)O1. The molecule has 2 amide bonds. The monoisotopic (exact) mass is 280 g/mol. The van der Waals surface area contributed by atoms with Crippen LogP contribution in [0.1, 0.15) is 46.0 Å². The number of piperazine rings is 1. The first-order valence-electron chi connectivity index (χ1n) is 7.86. The standard InChI is InChI=1S/C15H24N2O3/c1-3-12-14(18)16-13(10-5-6-10)15(19)17(12)8-11-7-4-9(2)20-11/h9-13H,3-8H2,1-2H3,(H,16,18). The zero-order valence-corrected chi connectivity index (χ0v) is 12.3. The van der Waals surface area contributed by atoms with Crippen molar-refractivity contribution in [2.75, 3.05) is 6.54 Å². The Morgan fingerprint density at radius 2 is 2.00 bits per heavy atom. The van der Waals surface area contributed by atoms with Crippen molar-refractivity contribution in [2.45, 2.75) is 70.2 Å². The summed E-state index contributed by atoms with van der Waals surface area (Å²) in [6, 6.07) is -0.610. The molecule has 20 heavy (non-hydrogen) atoms. The molecule has 2 aliphatic heterocycles. The number of rotatable bonds is 4. The molecule has 0 radical (unpaired) electrons. The third kappa shape index (κ3) is 2.55. The molecule has 1 N–H and O–H groups in total. The minimum atomic E-state index is -0.322. The number of carbonyl (C=O) groups is 2. The Kier molecular flexibility index (Phi) is 3.71. The van der Waals surface area contributed by atoms with E-state index in [1.165, 1.54) is 0 Å². The average molecular weight is 280 g/mol. The molecule has 3 fully saturated rings. The normalized spacial score (nSPS) is 38.2. The predicted molar refractivity (Wildman–Crippen MR) is 74.0 cm³/mol. The molecule has 0 aromatic carbocycles. The van der Waals surface area contributed by atoms with Crippen molar-refractivity contribution in [1.29, 1.82) is 0 Å².